The number of amides is 2. The highest BCUT2D eigenvalue weighted by Crippen LogP contribution is 2.21. The average Bonchev–Trinajstić information content (AvgIpc) is 3.00. The third-order valence-electron chi connectivity index (χ3n) is 2.37. The molecule has 0 atom stereocenters. The fourth-order valence-corrected chi connectivity index (χ4v) is 1.91. The summed E-state index contributed by atoms with van der Waals surface area (Å²) in [6.07, 6.45) is 3.25. The Morgan fingerprint density at radius 1 is 1.33 bits per heavy atom. The molecule has 0 bridgehead atoms. The average molecular weight is 307 g/mol. The molecule has 0 aliphatic carbocycles. The lowest BCUT2D eigenvalue weighted by Gasteiger charge is -2.02. The van der Waals surface area contributed by atoms with Gasteiger partial charge < -0.3 is 15.1 Å². The molecule has 2 heterocycles. The summed E-state index contributed by atoms with van der Waals surface area (Å²) in [5.41, 5.74) is 0.709. The van der Waals surface area contributed by atoms with E-state index in [9.17, 15) is 9.59 Å². The normalized spacial score (nSPS) is 10.1. The Morgan fingerprint density at radius 2 is 2.19 bits per heavy atom. The molecule has 21 heavy (non-hydrogen) atoms. The van der Waals surface area contributed by atoms with Gasteiger partial charge in [0.15, 0.2) is 0 Å². The van der Waals surface area contributed by atoms with Crippen LogP contribution in [0.2, 0.25) is 0 Å². The maximum absolute atomic E-state index is 11.5. The van der Waals surface area contributed by atoms with Crippen LogP contribution in [0.25, 0.3) is 11.5 Å². The first-order valence-electron chi connectivity index (χ1n) is 6.03. The summed E-state index contributed by atoms with van der Waals surface area (Å²) in [7, 11) is 1.50. The molecule has 0 fully saturated rings. The topological polar surface area (TPSA) is 110 Å². The molecule has 8 nitrogen and oxygen atoms in total. The van der Waals surface area contributed by atoms with Gasteiger partial charge in [-0.3, -0.25) is 14.6 Å². The summed E-state index contributed by atoms with van der Waals surface area (Å²) in [6, 6.07) is 3.56. The van der Waals surface area contributed by atoms with Crippen molar-refractivity contribution < 1.29 is 14.0 Å². The molecule has 0 aliphatic heterocycles. The molecule has 2 N–H and O–H groups in total. The van der Waals surface area contributed by atoms with Crippen molar-refractivity contribution in [1.82, 2.24) is 25.8 Å². The quantitative estimate of drug-likeness (QED) is 0.727. The molecule has 0 aliphatic rings. The molecule has 110 valence electrons. The second-order valence-corrected chi connectivity index (χ2v) is 4.78. The molecule has 0 saturated carbocycles. The number of nitrogens with zero attached hydrogens (tertiary/aromatic N) is 3. The zero-order valence-electron chi connectivity index (χ0n) is 11.2. The van der Waals surface area contributed by atoms with Crippen LogP contribution in [0.4, 0.5) is 0 Å². The number of carbonyl (C=O) groups is 2. The Balaban J connectivity index is 1.83. The minimum atomic E-state index is -0.287. The second kappa shape index (κ2) is 7.39. The number of likely N-dealkylation sites (N-methyl/N-ethyl adjacent to an activating group) is 1. The smallest absolute Gasteiger partial charge is 0.277 e. The highest BCUT2D eigenvalue weighted by atomic mass is 32.2. The van der Waals surface area contributed by atoms with Crippen LogP contribution >= 0.6 is 11.8 Å². The lowest BCUT2D eigenvalue weighted by Crippen LogP contribution is -2.35. The molecule has 0 saturated heterocycles. The maximum atomic E-state index is 11.5. The molecule has 2 rings (SSSR count). The number of carbonyl (C=O) groups excluding carboxylic acids is 2. The SMILES string of the molecule is CNC(=O)CNC(=O)CSc1nnc(-c2cccnc2)o1. The van der Waals surface area contributed by atoms with E-state index in [-0.39, 0.29) is 29.3 Å². The molecule has 0 spiro atoms. The Hall–Kier alpha value is -2.42. The maximum Gasteiger partial charge on any atom is 0.277 e. The van der Waals surface area contributed by atoms with Gasteiger partial charge >= 0.3 is 0 Å². The number of nitrogens with one attached hydrogen (secondary N) is 2. The number of rotatable bonds is 6. The van der Waals surface area contributed by atoms with Gasteiger partial charge in [0.05, 0.1) is 17.9 Å². The van der Waals surface area contributed by atoms with Crippen molar-refractivity contribution in [3.63, 3.8) is 0 Å². The summed E-state index contributed by atoms with van der Waals surface area (Å²) in [5.74, 6) is -0.114. The van der Waals surface area contributed by atoms with E-state index in [0.29, 0.717) is 11.5 Å². The van der Waals surface area contributed by atoms with Crippen LogP contribution in [-0.4, -0.2) is 46.3 Å². The van der Waals surface area contributed by atoms with Crippen LogP contribution < -0.4 is 10.6 Å². The number of hydrogen-bond acceptors (Lipinski definition) is 7. The number of hydrogen-bond donors (Lipinski definition) is 2. The van der Waals surface area contributed by atoms with Crippen molar-refractivity contribution in [1.29, 1.82) is 0 Å². The van der Waals surface area contributed by atoms with Crippen LogP contribution in [0.15, 0.2) is 34.2 Å². The van der Waals surface area contributed by atoms with Crippen LogP contribution in [0, 0.1) is 0 Å². The lowest BCUT2D eigenvalue weighted by molar-refractivity contribution is -0.124. The first-order chi connectivity index (χ1) is 10.2. The highest BCUT2D eigenvalue weighted by Gasteiger charge is 2.11. The molecule has 0 radical (unpaired) electrons. The third-order valence-corrected chi connectivity index (χ3v) is 3.19. The number of aromatic nitrogens is 3. The summed E-state index contributed by atoms with van der Waals surface area (Å²) in [6.45, 7) is -0.0549. The Morgan fingerprint density at radius 3 is 2.90 bits per heavy atom. The van der Waals surface area contributed by atoms with E-state index in [1.165, 1.54) is 7.05 Å². The Labute approximate surface area is 124 Å². The predicted octanol–water partition coefficient (Wildman–Crippen LogP) is 0.0859. The van der Waals surface area contributed by atoms with Gasteiger partial charge in [0.1, 0.15) is 0 Å². The van der Waals surface area contributed by atoms with Crippen molar-refractivity contribution in [2.75, 3.05) is 19.3 Å². The zero-order chi connectivity index (χ0) is 15.1. The zero-order valence-corrected chi connectivity index (χ0v) is 12.0. The van der Waals surface area contributed by atoms with Crippen molar-refractivity contribution >= 4 is 23.6 Å². The van der Waals surface area contributed by atoms with Crippen molar-refractivity contribution in [3.8, 4) is 11.5 Å². The molecule has 2 amide bonds. The van der Waals surface area contributed by atoms with Gasteiger partial charge in [-0.15, -0.1) is 10.2 Å². The van der Waals surface area contributed by atoms with Crippen LogP contribution in [0.1, 0.15) is 0 Å². The summed E-state index contributed by atoms with van der Waals surface area (Å²) >= 11 is 1.10. The molecule has 2 aromatic heterocycles. The first kappa shape index (κ1) is 15.0. The number of thioether (sulfide) groups is 1. The fraction of sp³-hybridized carbons (Fsp3) is 0.250. The second-order valence-electron chi connectivity index (χ2n) is 3.85. The Kier molecular flexibility index (Phi) is 5.27. The number of pyridine rings is 1. The van der Waals surface area contributed by atoms with Gasteiger partial charge in [0.25, 0.3) is 5.22 Å². The molecule has 0 aromatic carbocycles. The van der Waals surface area contributed by atoms with E-state index in [1.54, 1.807) is 24.5 Å². The van der Waals surface area contributed by atoms with Gasteiger partial charge in [0.2, 0.25) is 17.7 Å². The predicted molar refractivity (Wildman–Crippen MR) is 75.3 cm³/mol. The largest absolute Gasteiger partial charge is 0.411 e. The van der Waals surface area contributed by atoms with Gasteiger partial charge in [-0.1, -0.05) is 11.8 Å². The van der Waals surface area contributed by atoms with Gasteiger partial charge in [-0.2, -0.15) is 0 Å². The van der Waals surface area contributed by atoms with E-state index in [2.05, 4.69) is 25.8 Å². The molecule has 2 aromatic rings. The van der Waals surface area contributed by atoms with E-state index in [1.807, 2.05) is 0 Å². The standard InChI is InChI=1S/C12H13N5O3S/c1-13-9(18)6-15-10(19)7-21-12-17-16-11(20-12)8-3-2-4-14-5-8/h2-5H,6-7H2,1H3,(H,13,18)(H,15,19). The van der Waals surface area contributed by atoms with E-state index in [0.717, 1.165) is 11.8 Å². The van der Waals surface area contributed by atoms with E-state index in [4.69, 9.17) is 4.42 Å². The van der Waals surface area contributed by atoms with Gasteiger partial charge in [0, 0.05) is 19.4 Å². The van der Waals surface area contributed by atoms with Crippen molar-refractivity contribution in [3.05, 3.63) is 24.5 Å². The Bertz CT molecular complexity index is 616. The highest BCUT2D eigenvalue weighted by molar-refractivity contribution is 7.99. The monoisotopic (exact) mass is 307 g/mol. The van der Waals surface area contributed by atoms with Crippen LogP contribution in [0.3, 0.4) is 0 Å². The molecular weight excluding hydrogens is 294 g/mol. The summed E-state index contributed by atoms with van der Waals surface area (Å²) in [4.78, 5) is 26.4. The van der Waals surface area contributed by atoms with E-state index < -0.39 is 0 Å². The van der Waals surface area contributed by atoms with Gasteiger partial charge in [-0.25, -0.2) is 0 Å². The first-order valence-corrected chi connectivity index (χ1v) is 7.01. The molecular formula is C12H13N5O3S. The molecule has 9 heteroatoms. The molecule has 0 unspecified atom stereocenters. The third kappa shape index (κ3) is 4.56. The lowest BCUT2D eigenvalue weighted by atomic mass is 10.3. The minimum absolute atomic E-state index is 0.0549. The fourth-order valence-electron chi connectivity index (χ4n) is 1.32. The summed E-state index contributed by atoms with van der Waals surface area (Å²) < 4.78 is 5.41. The van der Waals surface area contributed by atoms with Gasteiger partial charge in [-0.05, 0) is 12.1 Å². The van der Waals surface area contributed by atoms with E-state index >= 15 is 0 Å². The summed E-state index contributed by atoms with van der Waals surface area (Å²) in [5, 5.41) is 12.9. The van der Waals surface area contributed by atoms with Crippen molar-refractivity contribution in [2.24, 2.45) is 0 Å². The van der Waals surface area contributed by atoms with Crippen molar-refractivity contribution in [2.45, 2.75) is 5.22 Å². The van der Waals surface area contributed by atoms with Crippen LogP contribution in [-0.2, 0) is 9.59 Å². The minimum Gasteiger partial charge on any atom is -0.411 e. The van der Waals surface area contributed by atoms with Crippen LogP contribution in [0.5, 0.6) is 0 Å².